The third-order valence-corrected chi connectivity index (χ3v) is 10.9. The predicted molar refractivity (Wildman–Crippen MR) is 132 cm³/mol. The molecule has 4 fully saturated rings. The first-order chi connectivity index (χ1) is 16.3. The van der Waals surface area contributed by atoms with Gasteiger partial charge in [0.2, 0.25) is 11.8 Å². The fourth-order valence-corrected chi connectivity index (χ4v) is 9.70. The number of carbonyl (C=O) groups is 3. The van der Waals surface area contributed by atoms with Crippen molar-refractivity contribution in [2.75, 3.05) is 52.6 Å². The average molecular weight is 563 g/mol. The van der Waals surface area contributed by atoms with Crippen LogP contribution in [0.2, 0.25) is 0 Å². The summed E-state index contributed by atoms with van der Waals surface area (Å²) in [5.41, 5.74) is 0. The Morgan fingerprint density at radius 2 is 2.06 bits per heavy atom. The number of halogens is 1. The molecule has 4 aliphatic heterocycles. The predicted octanol–water partition coefficient (Wildman–Crippen LogP) is 0.479. The lowest BCUT2D eigenvalue weighted by molar-refractivity contribution is -0.154. The molecule has 34 heavy (non-hydrogen) atoms. The summed E-state index contributed by atoms with van der Waals surface area (Å²) in [6.07, 6.45) is 0.614. The zero-order chi connectivity index (χ0) is 24.6. The van der Waals surface area contributed by atoms with Gasteiger partial charge in [0.05, 0.1) is 49.1 Å². The van der Waals surface area contributed by atoms with E-state index in [9.17, 15) is 19.5 Å². The van der Waals surface area contributed by atoms with Crippen LogP contribution in [0.3, 0.4) is 0 Å². The quantitative estimate of drug-likeness (QED) is 0.309. The summed E-state index contributed by atoms with van der Waals surface area (Å²) in [6, 6.07) is -1.25. The van der Waals surface area contributed by atoms with Gasteiger partial charge in [-0.3, -0.25) is 19.3 Å². The van der Waals surface area contributed by atoms with E-state index in [1.54, 1.807) is 23.6 Å². The van der Waals surface area contributed by atoms with Crippen molar-refractivity contribution in [3.8, 4) is 0 Å². The molecule has 3 unspecified atom stereocenters. The first kappa shape index (κ1) is 26.2. The number of morpholine rings is 1. The third-order valence-electron chi connectivity index (χ3n) is 7.68. The van der Waals surface area contributed by atoms with Crippen molar-refractivity contribution in [2.45, 2.75) is 54.1 Å². The number of carbonyl (C=O) groups excluding carboxylic acids is 3. The van der Waals surface area contributed by atoms with Crippen molar-refractivity contribution in [1.82, 2.24) is 15.1 Å². The van der Waals surface area contributed by atoms with E-state index in [1.165, 1.54) is 0 Å². The molecule has 0 radical (unpaired) electrons. The molecule has 1 spiro atoms. The molecule has 4 saturated heterocycles. The number of nitrogens with one attached hydrogen (secondary N) is 1. The van der Waals surface area contributed by atoms with Gasteiger partial charge >= 0.3 is 5.97 Å². The number of ether oxygens (including phenoxy) is 2. The Labute approximate surface area is 213 Å². The summed E-state index contributed by atoms with van der Waals surface area (Å²) in [7, 11) is 0. The van der Waals surface area contributed by atoms with E-state index >= 15 is 0 Å². The number of hydrogen-bond acceptors (Lipinski definition) is 8. The third kappa shape index (κ3) is 4.40. The molecule has 4 aliphatic rings. The summed E-state index contributed by atoms with van der Waals surface area (Å²) < 4.78 is 10.0. The number of esters is 1. The van der Waals surface area contributed by atoms with Gasteiger partial charge in [0.15, 0.2) is 0 Å². The second kappa shape index (κ2) is 10.6. The van der Waals surface area contributed by atoms with Crippen LogP contribution in [0.4, 0.5) is 0 Å². The highest BCUT2D eigenvalue weighted by atomic mass is 79.9. The molecule has 4 rings (SSSR count). The molecule has 2 amide bonds. The number of nitrogens with zero attached hydrogens (tertiary/aromatic N) is 2. The van der Waals surface area contributed by atoms with E-state index in [4.69, 9.17) is 9.47 Å². The maximum atomic E-state index is 13.9. The second-order valence-electron chi connectivity index (χ2n) is 9.90. The maximum Gasteiger partial charge on any atom is 0.310 e. The van der Waals surface area contributed by atoms with Crippen LogP contribution in [0.5, 0.6) is 0 Å². The van der Waals surface area contributed by atoms with Crippen LogP contribution >= 0.6 is 27.7 Å². The van der Waals surface area contributed by atoms with E-state index in [1.807, 2.05) is 13.8 Å². The highest BCUT2D eigenvalue weighted by molar-refractivity contribution is 9.09. The largest absolute Gasteiger partial charge is 0.466 e. The van der Waals surface area contributed by atoms with E-state index < -0.39 is 28.7 Å². The minimum atomic E-state index is -0.747. The number of aliphatic hydroxyl groups excluding tert-OH is 1. The fraction of sp³-hybridized carbons (Fsp3) is 0.870. The lowest BCUT2D eigenvalue weighted by atomic mass is 9.71. The normalized spacial score (nSPS) is 36.1. The molecule has 2 N–H and O–H groups in total. The standard InChI is InChI=1S/C23H36BrN3O6S/c1-4-33-22(31)16-17-21(30)27(15(12-28)13(2)3)19(23(17)11-14(24)18(16)34-23)20(29)25-5-6-26-7-9-32-10-8-26/h13-19,28H,4-12H2,1-3H3,(H,25,29)/t14?,15-,16+,17-,18+,19?,23?/m0/s1. The summed E-state index contributed by atoms with van der Waals surface area (Å²) in [4.78, 5) is 44.5. The lowest BCUT2D eigenvalue weighted by Crippen LogP contribution is -2.58. The Morgan fingerprint density at radius 1 is 1.35 bits per heavy atom. The van der Waals surface area contributed by atoms with E-state index in [2.05, 4.69) is 26.1 Å². The van der Waals surface area contributed by atoms with Gasteiger partial charge in [-0.2, -0.15) is 0 Å². The van der Waals surface area contributed by atoms with Gasteiger partial charge in [-0.1, -0.05) is 29.8 Å². The van der Waals surface area contributed by atoms with Crippen molar-refractivity contribution >= 4 is 45.5 Å². The highest BCUT2D eigenvalue weighted by Crippen LogP contribution is 2.68. The minimum absolute atomic E-state index is 0.00572. The minimum Gasteiger partial charge on any atom is -0.466 e. The number of alkyl halides is 1. The van der Waals surface area contributed by atoms with Crippen LogP contribution in [0.15, 0.2) is 0 Å². The van der Waals surface area contributed by atoms with E-state index in [0.29, 0.717) is 32.7 Å². The van der Waals surface area contributed by atoms with Crippen molar-refractivity contribution < 1.29 is 29.0 Å². The number of fused-ring (bicyclic) bond motifs is 1. The van der Waals surface area contributed by atoms with Gasteiger partial charge < -0.3 is 24.8 Å². The molecular weight excluding hydrogens is 526 g/mol. The second-order valence-corrected chi connectivity index (χ2v) is 12.6. The first-order valence-electron chi connectivity index (χ1n) is 12.3. The highest BCUT2D eigenvalue weighted by Gasteiger charge is 2.76. The van der Waals surface area contributed by atoms with Gasteiger partial charge in [-0.25, -0.2) is 0 Å². The molecule has 0 aromatic heterocycles. The molecule has 4 heterocycles. The topological polar surface area (TPSA) is 108 Å². The fourth-order valence-electron chi connectivity index (χ4n) is 6.11. The van der Waals surface area contributed by atoms with Crippen molar-refractivity contribution in [2.24, 2.45) is 17.8 Å². The molecule has 0 aromatic carbocycles. The average Bonchev–Trinajstić information content (AvgIpc) is 3.39. The van der Waals surface area contributed by atoms with Crippen LogP contribution < -0.4 is 5.32 Å². The SMILES string of the molecule is CCOC(=O)[C@H]1[C@@H]2SC3(CC2Br)C(C(=O)NCCN2CCOCC2)N([C@@H](CO)C(C)C)C(=O)[C@H]13. The Kier molecular flexibility index (Phi) is 8.18. The van der Waals surface area contributed by atoms with Crippen LogP contribution in [-0.4, -0.2) is 112 Å². The summed E-state index contributed by atoms with van der Waals surface area (Å²) in [5, 5.41) is 13.2. The Balaban J connectivity index is 1.62. The zero-order valence-electron chi connectivity index (χ0n) is 20.1. The number of likely N-dealkylation sites (tertiary alicyclic amines) is 1. The van der Waals surface area contributed by atoms with E-state index in [0.717, 1.165) is 13.1 Å². The lowest BCUT2D eigenvalue weighted by Gasteiger charge is -2.38. The molecule has 9 nitrogen and oxygen atoms in total. The summed E-state index contributed by atoms with van der Waals surface area (Å²) in [5.74, 6) is -2.07. The van der Waals surface area contributed by atoms with Crippen molar-refractivity contribution in [1.29, 1.82) is 0 Å². The molecule has 0 aromatic rings. The number of hydrogen-bond donors (Lipinski definition) is 2. The Bertz CT molecular complexity index is 797. The molecule has 0 saturated carbocycles. The molecule has 2 bridgehead atoms. The zero-order valence-corrected chi connectivity index (χ0v) is 22.5. The molecule has 0 aliphatic carbocycles. The molecule has 7 atom stereocenters. The number of rotatable bonds is 9. The first-order valence-corrected chi connectivity index (χ1v) is 14.1. The maximum absolute atomic E-state index is 13.9. The van der Waals surface area contributed by atoms with Crippen molar-refractivity contribution in [3.63, 3.8) is 0 Å². The van der Waals surface area contributed by atoms with Crippen molar-refractivity contribution in [3.05, 3.63) is 0 Å². The van der Waals surface area contributed by atoms with Gasteiger partial charge in [0.1, 0.15) is 6.04 Å². The summed E-state index contributed by atoms with van der Waals surface area (Å²) in [6.45, 7) is 9.87. The number of amides is 2. The monoisotopic (exact) mass is 561 g/mol. The van der Waals surface area contributed by atoms with Crippen LogP contribution in [0, 0.1) is 17.8 Å². The van der Waals surface area contributed by atoms with E-state index in [-0.39, 0.29) is 47.0 Å². The summed E-state index contributed by atoms with van der Waals surface area (Å²) >= 11 is 5.32. The van der Waals surface area contributed by atoms with Gasteiger partial charge in [0, 0.05) is 36.3 Å². The van der Waals surface area contributed by atoms with Crippen LogP contribution in [0.25, 0.3) is 0 Å². The number of aliphatic hydroxyl groups is 1. The van der Waals surface area contributed by atoms with Gasteiger partial charge in [0.25, 0.3) is 0 Å². The van der Waals surface area contributed by atoms with Crippen LogP contribution in [-0.2, 0) is 23.9 Å². The van der Waals surface area contributed by atoms with Gasteiger partial charge in [-0.15, -0.1) is 11.8 Å². The van der Waals surface area contributed by atoms with Gasteiger partial charge in [-0.05, 0) is 19.3 Å². The molecule has 11 heteroatoms. The molecule has 192 valence electrons. The Morgan fingerprint density at radius 3 is 2.68 bits per heavy atom. The van der Waals surface area contributed by atoms with Crippen LogP contribution in [0.1, 0.15) is 27.2 Å². The smallest absolute Gasteiger partial charge is 0.310 e. The Hall–Kier alpha value is -0.880. The molecular formula is C23H36BrN3O6S. The number of thioether (sulfide) groups is 1.